The van der Waals surface area contributed by atoms with Crippen molar-refractivity contribution in [3.8, 4) is 0 Å². The molecule has 2 aromatic rings. The second kappa shape index (κ2) is 6.79. The second-order valence-electron chi connectivity index (χ2n) is 6.04. The summed E-state index contributed by atoms with van der Waals surface area (Å²) in [6, 6.07) is 16.1. The Labute approximate surface area is 143 Å². The molecule has 126 valence electrons. The fourth-order valence-electron chi connectivity index (χ4n) is 2.99. The molecule has 1 atom stereocenters. The van der Waals surface area contributed by atoms with Crippen LogP contribution in [0.15, 0.2) is 65.2 Å². The van der Waals surface area contributed by atoms with Gasteiger partial charge in [0.25, 0.3) is 10.0 Å². The molecule has 2 aromatic carbocycles. The third-order valence-corrected chi connectivity index (χ3v) is 6.19. The zero-order chi connectivity index (χ0) is 17.2. The molecule has 1 saturated heterocycles. The lowest BCUT2D eigenvalue weighted by molar-refractivity contribution is 0.221. The Hall–Kier alpha value is -2.11. The number of hydrogen-bond acceptors (Lipinski definition) is 3. The van der Waals surface area contributed by atoms with Crippen LogP contribution in [0.2, 0.25) is 0 Å². The number of benzene rings is 2. The molecule has 0 amide bonds. The molecule has 0 radical (unpaired) electrons. The molecule has 1 heterocycles. The number of aliphatic hydroxyl groups is 1. The molecule has 0 saturated carbocycles. The van der Waals surface area contributed by atoms with Crippen LogP contribution >= 0.6 is 0 Å². The van der Waals surface area contributed by atoms with Crippen LogP contribution in [0.5, 0.6) is 0 Å². The minimum absolute atomic E-state index is 0.183. The van der Waals surface area contributed by atoms with Crippen LogP contribution in [0.1, 0.15) is 24.0 Å². The van der Waals surface area contributed by atoms with Crippen molar-refractivity contribution >= 4 is 16.1 Å². The zero-order valence-corrected chi connectivity index (χ0v) is 14.4. The number of aliphatic hydroxyl groups excluding tert-OH is 1. The molecule has 0 bridgehead atoms. The number of sulfonamides is 1. The van der Waals surface area contributed by atoms with E-state index in [1.165, 1.54) is 4.31 Å². The highest BCUT2D eigenvalue weighted by Crippen LogP contribution is 2.34. The summed E-state index contributed by atoms with van der Waals surface area (Å²) in [4.78, 5) is 0.257. The van der Waals surface area contributed by atoms with Crippen LogP contribution in [-0.4, -0.2) is 30.5 Å². The molecular formula is C19H21NO3S. The highest BCUT2D eigenvalue weighted by molar-refractivity contribution is 7.89. The average Bonchev–Trinajstić information content (AvgIpc) is 2.99. The Kier molecular flexibility index (Phi) is 4.73. The van der Waals surface area contributed by atoms with Gasteiger partial charge in [0.05, 0.1) is 17.5 Å². The van der Waals surface area contributed by atoms with Crippen LogP contribution in [0.4, 0.5) is 0 Å². The lowest BCUT2D eigenvalue weighted by Gasteiger charge is -2.26. The maximum absolute atomic E-state index is 13.1. The highest BCUT2D eigenvalue weighted by atomic mass is 32.2. The highest BCUT2D eigenvalue weighted by Gasteiger charge is 2.37. The Morgan fingerprint density at radius 1 is 1.12 bits per heavy atom. The van der Waals surface area contributed by atoms with Gasteiger partial charge in [-0.25, -0.2) is 8.42 Å². The van der Waals surface area contributed by atoms with E-state index >= 15 is 0 Å². The summed E-state index contributed by atoms with van der Waals surface area (Å²) >= 11 is 0. The molecule has 0 spiro atoms. The predicted molar refractivity (Wildman–Crippen MR) is 94.7 cm³/mol. The molecule has 0 aliphatic carbocycles. The van der Waals surface area contributed by atoms with Crippen molar-refractivity contribution in [3.05, 3.63) is 71.4 Å². The van der Waals surface area contributed by atoms with E-state index in [1.807, 2.05) is 43.3 Å². The van der Waals surface area contributed by atoms with E-state index in [-0.39, 0.29) is 11.5 Å². The molecule has 1 aliphatic heterocycles. The van der Waals surface area contributed by atoms with E-state index < -0.39 is 16.1 Å². The quantitative estimate of drug-likeness (QED) is 0.927. The van der Waals surface area contributed by atoms with Gasteiger partial charge in [-0.1, -0.05) is 48.0 Å². The van der Waals surface area contributed by atoms with Gasteiger partial charge in [-0.15, -0.1) is 0 Å². The standard InChI is InChI=1S/C19H21NO3S/c1-15-7-11-19(12-8-15)24(22,23)20-17(9-10-18(20)14-21)13-16-5-3-2-4-6-16/h2-8,11-13,18,21H,9-10,14H2,1H3/b17-13+/t18-/m0/s1. The van der Waals surface area contributed by atoms with Gasteiger partial charge in [0.15, 0.2) is 0 Å². The first kappa shape index (κ1) is 16.7. The van der Waals surface area contributed by atoms with E-state index in [9.17, 15) is 13.5 Å². The first-order valence-electron chi connectivity index (χ1n) is 8.00. The maximum Gasteiger partial charge on any atom is 0.264 e. The summed E-state index contributed by atoms with van der Waals surface area (Å²) in [5.41, 5.74) is 2.69. The van der Waals surface area contributed by atoms with E-state index in [1.54, 1.807) is 24.3 Å². The SMILES string of the molecule is Cc1ccc(S(=O)(=O)N2/C(=C/c3ccccc3)CC[C@H]2CO)cc1. The zero-order valence-electron chi connectivity index (χ0n) is 13.6. The monoisotopic (exact) mass is 343 g/mol. The summed E-state index contributed by atoms with van der Waals surface area (Å²) in [6.45, 7) is 1.74. The van der Waals surface area contributed by atoms with Gasteiger partial charge in [-0.3, -0.25) is 4.31 Å². The van der Waals surface area contributed by atoms with Gasteiger partial charge in [0.1, 0.15) is 0 Å². The van der Waals surface area contributed by atoms with Gasteiger partial charge in [0, 0.05) is 5.70 Å². The molecule has 5 heteroatoms. The van der Waals surface area contributed by atoms with E-state index in [0.717, 1.165) is 16.8 Å². The molecule has 24 heavy (non-hydrogen) atoms. The number of rotatable bonds is 4. The third-order valence-electron chi connectivity index (χ3n) is 4.27. The lowest BCUT2D eigenvalue weighted by atomic mass is 10.1. The fraction of sp³-hybridized carbons (Fsp3) is 0.263. The third kappa shape index (κ3) is 3.23. The molecule has 0 unspecified atom stereocenters. The topological polar surface area (TPSA) is 57.6 Å². The number of aryl methyl sites for hydroxylation is 1. The number of hydrogen-bond donors (Lipinski definition) is 1. The van der Waals surface area contributed by atoms with E-state index in [0.29, 0.717) is 12.8 Å². The predicted octanol–water partition coefficient (Wildman–Crippen LogP) is 3.18. The van der Waals surface area contributed by atoms with E-state index in [4.69, 9.17) is 0 Å². The van der Waals surface area contributed by atoms with Gasteiger partial charge in [0.2, 0.25) is 0 Å². The van der Waals surface area contributed by atoms with Crippen molar-refractivity contribution in [2.75, 3.05) is 6.61 Å². The van der Waals surface area contributed by atoms with Gasteiger partial charge >= 0.3 is 0 Å². The largest absolute Gasteiger partial charge is 0.394 e. The second-order valence-corrected chi connectivity index (χ2v) is 7.85. The van der Waals surface area contributed by atoms with Crippen LogP contribution in [0.25, 0.3) is 6.08 Å². The molecule has 1 N–H and O–H groups in total. The Morgan fingerprint density at radius 2 is 1.79 bits per heavy atom. The Morgan fingerprint density at radius 3 is 2.42 bits per heavy atom. The van der Waals surface area contributed by atoms with E-state index in [2.05, 4.69) is 0 Å². The minimum atomic E-state index is -3.68. The summed E-state index contributed by atoms with van der Waals surface area (Å²) < 4.78 is 27.6. The van der Waals surface area contributed by atoms with Crippen molar-refractivity contribution < 1.29 is 13.5 Å². The molecule has 1 fully saturated rings. The van der Waals surface area contributed by atoms with Gasteiger partial charge in [-0.2, -0.15) is 0 Å². The first-order valence-corrected chi connectivity index (χ1v) is 9.44. The molecular weight excluding hydrogens is 322 g/mol. The first-order chi connectivity index (χ1) is 11.5. The summed E-state index contributed by atoms with van der Waals surface area (Å²) in [5, 5.41) is 9.64. The van der Waals surface area contributed by atoms with Crippen molar-refractivity contribution in [1.29, 1.82) is 0 Å². The Bertz CT molecular complexity index is 827. The lowest BCUT2D eigenvalue weighted by Crippen LogP contribution is -2.36. The summed E-state index contributed by atoms with van der Waals surface area (Å²) in [6.07, 6.45) is 3.15. The van der Waals surface area contributed by atoms with Crippen molar-refractivity contribution in [1.82, 2.24) is 4.31 Å². The van der Waals surface area contributed by atoms with Crippen LogP contribution in [-0.2, 0) is 10.0 Å². The normalized spacial score (nSPS) is 19.8. The summed E-state index contributed by atoms with van der Waals surface area (Å²) in [7, 11) is -3.68. The summed E-state index contributed by atoms with van der Waals surface area (Å²) in [5.74, 6) is 0. The number of nitrogens with zero attached hydrogens (tertiary/aromatic N) is 1. The van der Waals surface area contributed by atoms with Crippen molar-refractivity contribution in [3.63, 3.8) is 0 Å². The van der Waals surface area contributed by atoms with Crippen LogP contribution in [0.3, 0.4) is 0 Å². The maximum atomic E-state index is 13.1. The van der Waals surface area contributed by atoms with Crippen LogP contribution < -0.4 is 0 Å². The Balaban J connectivity index is 2.03. The smallest absolute Gasteiger partial charge is 0.264 e. The van der Waals surface area contributed by atoms with Gasteiger partial charge in [-0.05, 0) is 43.5 Å². The molecule has 0 aromatic heterocycles. The minimum Gasteiger partial charge on any atom is -0.394 e. The van der Waals surface area contributed by atoms with Crippen molar-refractivity contribution in [2.45, 2.75) is 30.7 Å². The molecule has 3 rings (SSSR count). The number of allylic oxidation sites excluding steroid dienone is 1. The molecule has 1 aliphatic rings. The molecule has 4 nitrogen and oxygen atoms in total. The van der Waals surface area contributed by atoms with Crippen molar-refractivity contribution in [2.24, 2.45) is 0 Å². The average molecular weight is 343 g/mol. The fourth-order valence-corrected chi connectivity index (χ4v) is 4.72. The van der Waals surface area contributed by atoms with Gasteiger partial charge < -0.3 is 5.11 Å². The van der Waals surface area contributed by atoms with Crippen LogP contribution in [0, 0.1) is 6.92 Å².